The van der Waals surface area contributed by atoms with Crippen LogP contribution >= 0.6 is 0 Å². The molecule has 0 unspecified atom stereocenters. The summed E-state index contributed by atoms with van der Waals surface area (Å²) in [5, 5.41) is 38.2. The van der Waals surface area contributed by atoms with E-state index in [1.54, 1.807) is 24.4 Å². The van der Waals surface area contributed by atoms with E-state index in [1.165, 1.54) is 5.57 Å². The third-order valence-electron chi connectivity index (χ3n) is 11.7. The number of aromatic nitrogens is 1. The molecule has 1 amide bonds. The highest BCUT2D eigenvalue weighted by Gasteiger charge is 2.62. The molecule has 0 spiro atoms. The summed E-state index contributed by atoms with van der Waals surface area (Å²) in [4.78, 5) is 33.0. The highest BCUT2D eigenvalue weighted by atomic mass is 16.6. The molecule has 3 saturated carbocycles. The average molecular weight is 578 g/mol. The van der Waals surface area contributed by atoms with Crippen molar-refractivity contribution in [2.75, 3.05) is 6.61 Å². The first-order valence-corrected chi connectivity index (χ1v) is 15.3. The van der Waals surface area contributed by atoms with Gasteiger partial charge < -0.3 is 30.5 Å². The molecule has 0 radical (unpaired) electrons. The first-order valence-electron chi connectivity index (χ1n) is 15.3. The number of hydrogen-bond acceptors (Lipinski definition) is 6. The van der Waals surface area contributed by atoms with Crippen molar-refractivity contribution >= 4 is 28.5 Å². The molecule has 4 aliphatic rings. The normalized spacial score (nSPS) is 35.6. The van der Waals surface area contributed by atoms with Crippen molar-refractivity contribution in [1.29, 1.82) is 0 Å². The number of oxime groups is 1. The number of rotatable bonds is 7. The number of nitrogens with one attached hydrogen (secondary N) is 2. The predicted octanol–water partition coefficient (Wildman–Crippen LogP) is 5.07. The Morgan fingerprint density at radius 1 is 1.12 bits per heavy atom. The van der Waals surface area contributed by atoms with E-state index in [9.17, 15) is 24.9 Å². The van der Waals surface area contributed by atoms with Gasteiger partial charge in [0, 0.05) is 23.5 Å². The molecule has 226 valence electrons. The summed E-state index contributed by atoms with van der Waals surface area (Å²) in [6.07, 6.45) is 12.1. The van der Waals surface area contributed by atoms with Gasteiger partial charge >= 0.3 is 5.97 Å². The number of benzene rings is 1. The Kier molecular flexibility index (Phi) is 7.15. The molecule has 4 aliphatic carbocycles. The Morgan fingerprint density at radius 2 is 1.90 bits per heavy atom. The molecule has 5 N–H and O–H groups in total. The summed E-state index contributed by atoms with van der Waals surface area (Å²) in [6.45, 7) is 6.41. The average Bonchev–Trinajstić information content (AvgIpc) is 3.44. The largest absolute Gasteiger partial charge is 0.508 e. The molecule has 2 aromatic rings. The molecule has 3 fully saturated rings. The number of aromatic hydroxyl groups is 1. The summed E-state index contributed by atoms with van der Waals surface area (Å²) in [5.74, 6) is 0.227. The van der Waals surface area contributed by atoms with Gasteiger partial charge in [-0.25, -0.2) is 4.79 Å². The number of carbonyl (C=O) groups is 2. The predicted molar refractivity (Wildman–Crippen MR) is 159 cm³/mol. The number of phenols is 1. The van der Waals surface area contributed by atoms with Crippen molar-refractivity contribution < 1.29 is 29.7 Å². The molecule has 0 saturated heterocycles. The lowest BCUT2D eigenvalue weighted by atomic mass is 9.46. The van der Waals surface area contributed by atoms with Gasteiger partial charge in [0.15, 0.2) is 6.61 Å². The number of nitrogens with zero attached hydrogens (tertiary/aromatic N) is 1. The summed E-state index contributed by atoms with van der Waals surface area (Å²) in [7, 11) is 0. The van der Waals surface area contributed by atoms with Crippen LogP contribution in [0.25, 0.3) is 10.9 Å². The third kappa shape index (κ3) is 4.79. The van der Waals surface area contributed by atoms with Crippen LogP contribution in [-0.4, -0.2) is 56.1 Å². The summed E-state index contributed by atoms with van der Waals surface area (Å²) >= 11 is 0. The maximum atomic E-state index is 12.6. The van der Waals surface area contributed by atoms with Crippen LogP contribution in [0.15, 0.2) is 41.2 Å². The molecular formula is C33H43N3O6. The minimum absolute atomic E-state index is 0.0134. The standard InChI is InChI=1S/C33H43N3O6/c1-31-11-8-21(15-20(31)4-6-23-25(31)9-12-32(2)26(23)10-13-33(32,3)41)36-42-18-29(38)35-28(30(39)40)14-19-17-34-27-7-5-22(37)16-24(19)27/h5,7,15-17,23,25-26,28,34,37,41H,4,6,8-14,18H2,1-3H3,(H,35,38)(H,39,40)/b36-21-/t23-,25+,26+,28+,31+,32+,33+/m1/s1. The van der Waals surface area contributed by atoms with Crippen LogP contribution in [0, 0.1) is 28.6 Å². The lowest BCUT2D eigenvalue weighted by molar-refractivity contribution is -0.142. The zero-order chi connectivity index (χ0) is 29.9. The van der Waals surface area contributed by atoms with Gasteiger partial charge in [0.1, 0.15) is 11.8 Å². The summed E-state index contributed by atoms with van der Waals surface area (Å²) in [5.41, 5.74) is 3.28. The summed E-state index contributed by atoms with van der Waals surface area (Å²) in [6, 6.07) is 3.69. The lowest BCUT2D eigenvalue weighted by Crippen LogP contribution is -2.53. The molecule has 9 nitrogen and oxygen atoms in total. The number of carboxylic acid groups (broad SMARTS) is 1. The number of carboxylic acids is 1. The van der Waals surface area contributed by atoms with E-state index in [0.717, 1.165) is 62.6 Å². The second-order valence-corrected chi connectivity index (χ2v) is 13.8. The SMILES string of the molecule is C[C@]12CC/C(=N/OCC(=O)N[C@@H](Cc3c[nH]c4ccc(O)cc34)C(=O)O)C=C1CC[C@@H]1[C@@H]2CC[C@@]2(C)[C@H]1CC[C@]2(C)O. The second-order valence-electron chi connectivity index (χ2n) is 13.8. The van der Waals surface area contributed by atoms with Gasteiger partial charge in [-0.3, -0.25) is 4.79 Å². The Bertz CT molecular complexity index is 1460. The fraction of sp³-hybridized carbons (Fsp3) is 0.606. The maximum absolute atomic E-state index is 12.6. The third-order valence-corrected chi connectivity index (χ3v) is 11.7. The van der Waals surface area contributed by atoms with E-state index in [-0.39, 0.29) is 29.6 Å². The van der Waals surface area contributed by atoms with Gasteiger partial charge in [0.25, 0.3) is 5.91 Å². The van der Waals surface area contributed by atoms with Crippen LogP contribution in [0.3, 0.4) is 0 Å². The van der Waals surface area contributed by atoms with Crippen molar-refractivity contribution in [3.63, 3.8) is 0 Å². The fourth-order valence-electron chi connectivity index (χ4n) is 9.05. The van der Waals surface area contributed by atoms with Gasteiger partial charge in [-0.2, -0.15) is 0 Å². The quantitative estimate of drug-likeness (QED) is 0.291. The molecule has 0 aliphatic heterocycles. The Morgan fingerprint density at radius 3 is 2.69 bits per heavy atom. The lowest BCUT2D eigenvalue weighted by Gasteiger charge is -2.59. The van der Waals surface area contributed by atoms with Gasteiger partial charge in [-0.15, -0.1) is 0 Å². The van der Waals surface area contributed by atoms with Crippen molar-refractivity contribution in [2.45, 2.75) is 90.2 Å². The van der Waals surface area contributed by atoms with Crippen molar-refractivity contribution in [3.8, 4) is 5.75 Å². The number of H-pyrrole nitrogens is 1. The molecule has 1 aromatic carbocycles. The van der Waals surface area contributed by atoms with E-state index in [2.05, 4.69) is 35.4 Å². The molecule has 0 bridgehead atoms. The molecule has 42 heavy (non-hydrogen) atoms. The van der Waals surface area contributed by atoms with E-state index in [0.29, 0.717) is 28.7 Å². The molecular weight excluding hydrogens is 534 g/mol. The van der Waals surface area contributed by atoms with E-state index >= 15 is 0 Å². The summed E-state index contributed by atoms with van der Waals surface area (Å²) < 4.78 is 0. The molecule has 6 rings (SSSR count). The number of allylic oxidation sites excluding steroid dienone is 2. The van der Waals surface area contributed by atoms with Gasteiger partial charge in [0.05, 0.1) is 11.3 Å². The molecule has 9 heteroatoms. The zero-order valence-corrected chi connectivity index (χ0v) is 24.8. The highest BCUT2D eigenvalue weighted by molar-refractivity contribution is 5.96. The molecule has 1 heterocycles. The fourth-order valence-corrected chi connectivity index (χ4v) is 9.05. The Hall–Kier alpha value is -3.33. The second kappa shape index (κ2) is 10.4. The first-order chi connectivity index (χ1) is 19.9. The number of fused-ring (bicyclic) bond motifs is 6. The van der Waals surface area contributed by atoms with E-state index in [4.69, 9.17) is 4.84 Å². The molecule has 1 aromatic heterocycles. The molecule has 7 atom stereocenters. The van der Waals surface area contributed by atoms with Crippen molar-refractivity contribution in [3.05, 3.63) is 41.6 Å². The van der Waals surface area contributed by atoms with Crippen molar-refractivity contribution in [2.24, 2.45) is 33.7 Å². The maximum Gasteiger partial charge on any atom is 0.326 e. The highest BCUT2D eigenvalue weighted by Crippen LogP contribution is 2.67. The van der Waals surface area contributed by atoms with Crippen LogP contribution in [-0.2, 0) is 20.8 Å². The van der Waals surface area contributed by atoms with Gasteiger partial charge in [-0.1, -0.05) is 24.6 Å². The zero-order valence-electron chi connectivity index (χ0n) is 24.8. The Labute approximate surface area is 246 Å². The van der Waals surface area contributed by atoms with Crippen LogP contribution in [0.4, 0.5) is 0 Å². The van der Waals surface area contributed by atoms with Crippen molar-refractivity contribution in [1.82, 2.24) is 10.3 Å². The number of aliphatic carboxylic acids is 1. The minimum atomic E-state index is -1.15. The van der Waals surface area contributed by atoms with Gasteiger partial charge in [0.2, 0.25) is 0 Å². The number of amides is 1. The number of carbonyl (C=O) groups excluding carboxylic acids is 1. The van der Waals surface area contributed by atoms with Gasteiger partial charge in [-0.05, 0) is 117 Å². The minimum Gasteiger partial charge on any atom is -0.508 e. The van der Waals surface area contributed by atoms with Crippen LogP contribution in [0.2, 0.25) is 0 Å². The first kappa shape index (κ1) is 28.8. The number of hydrogen-bond donors (Lipinski definition) is 5. The smallest absolute Gasteiger partial charge is 0.326 e. The monoisotopic (exact) mass is 577 g/mol. The van der Waals surface area contributed by atoms with E-state index in [1.807, 2.05) is 6.92 Å². The topological polar surface area (TPSA) is 144 Å². The van der Waals surface area contributed by atoms with Crippen LogP contribution in [0.5, 0.6) is 5.75 Å². The van der Waals surface area contributed by atoms with Crippen LogP contribution < -0.4 is 5.32 Å². The number of phenolic OH excluding ortho intramolecular Hbond substituents is 1. The van der Waals surface area contributed by atoms with Crippen LogP contribution in [0.1, 0.15) is 77.7 Å². The van der Waals surface area contributed by atoms with E-state index < -0.39 is 23.5 Å². The number of aliphatic hydroxyl groups is 1. The Balaban J connectivity index is 1.07. The number of aromatic amines is 1.